The van der Waals surface area contributed by atoms with Gasteiger partial charge >= 0.3 is 0 Å². The number of hydrogen-bond donors (Lipinski definition) is 1. The Hall–Kier alpha value is -1.42. The largest absolute Gasteiger partial charge is 0.338 e. The van der Waals surface area contributed by atoms with E-state index in [1.165, 1.54) is 25.0 Å². The van der Waals surface area contributed by atoms with Gasteiger partial charge in [0.15, 0.2) is 0 Å². The van der Waals surface area contributed by atoms with Crippen LogP contribution in [0.3, 0.4) is 0 Å². The summed E-state index contributed by atoms with van der Waals surface area (Å²) in [6.45, 7) is 2.66. The minimum atomic E-state index is -0.347. The highest BCUT2D eigenvalue weighted by Crippen LogP contribution is 2.25. The Bertz CT molecular complexity index is 477. The van der Waals surface area contributed by atoms with Gasteiger partial charge in [0, 0.05) is 24.7 Å². The van der Waals surface area contributed by atoms with Crippen LogP contribution < -0.4 is 5.32 Å². The van der Waals surface area contributed by atoms with Gasteiger partial charge < -0.3 is 10.2 Å². The number of carbonyl (C=O) groups is 1. The number of carbonyl (C=O) groups excluding carboxylic acids is 1. The summed E-state index contributed by atoms with van der Waals surface area (Å²) in [6, 6.07) is 6.54. The summed E-state index contributed by atoms with van der Waals surface area (Å²) in [7, 11) is 0. The zero-order valence-electron chi connectivity index (χ0n) is 10.9. The number of amides is 1. The lowest BCUT2D eigenvalue weighted by Crippen LogP contribution is -2.53. The molecule has 3 nitrogen and oxygen atoms in total. The first-order valence-corrected chi connectivity index (χ1v) is 7.02. The molecule has 102 valence electrons. The molecular formula is C15H19FN2O. The molecule has 19 heavy (non-hydrogen) atoms. The van der Waals surface area contributed by atoms with E-state index in [0.717, 1.165) is 26.1 Å². The fourth-order valence-electron chi connectivity index (χ4n) is 3.23. The fourth-order valence-corrected chi connectivity index (χ4v) is 3.23. The van der Waals surface area contributed by atoms with E-state index in [1.54, 1.807) is 12.1 Å². The number of benzene rings is 1. The molecule has 2 saturated heterocycles. The maximum atomic E-state index is 13.2. The third-order valence-corrected chi connectivity index (χ3v) is 4.25. The Morgan fingerprint density at radius 3 is 3.11 bits per heavy atom. The van der Waals surface area contributed by atoms with Crippen LogP contribution in [-0.4, -0.2) is 36.5 Å². The first-order chi connectivity index (χ1) is 9.24. The molecule has 4 heteroatoms. The van der Waals surface area contributed by atoms with Crippen molar-refractivity contribution in [1.29, 1.82) is 0 Å². The van der Waals surface area contributed by atoms with Gasteiger partial charge in [0.2, 0.25) is 0 Å². The van der Waals surface area contributed by atoms with E-state index in [2.05, 4.69) is 5.32 Å². The molecule has 2 aliphatic rings. The molecule has 1 N–H and O–H groups in total. The van der Waals surface area contributed by atoms with Gasteiger partial charge in [0.25, 0.3) is 5.91 Å². The first-order valence-electron chi connectivity index (χ1n) is 7.02. The standard InChI is InChI=1S/C15H19FN2O/c16-13-5-1-3-11(9-13)15(19)18-8-6-14-12(10-18)4-2-7-17-14/h1,3,5,9,12,14,17H,2,4,6-8,10H2/t12-,14+/m1/s1. The first kappa shape index (κ1) is 12.6. The van der Waals surface area contributed by atoms with Crippen LogP contribution in [-0.2, 0) is 0 Å². The molecule has 1 amide bonds. The highest BCUT2D eigenvalue weighted by atomic mass is 19.1. The van der Waals surface area contributed by atoms with E-state index in [-0.39, 0.29) is 11.7 Å². The van der Waals surface area contributed by atoms with Crippen molar-refractivity contribution in [2.75, 3.05) is 19.6 Å². The van der Waals surface area contributed by atoms with Gasteiger partial charge in [-0.3, -0.25) is 4.79 Å². The molecular weight excluding hydrogens is 243 g/mol. The number of halogens is 1. The zero-order chi connectivity index (χ0) is 13.2. The summed E-state index contributed by atoms with van der Waals surface area (Å²) < 4.78 is 13.2. The van der Waals surface area contributed by atoms with Crippen LogP contribution in [0.2, 0.25) is 0 Å². The second kappa shape index (κ2) is 5.29. The van der Waals surface area contributed by atoms with Gasteiger partial charge in [-0.25, -0.2) is 4.39 Å². The van der Waals surface area contributed by atoms with Gasteiger partial charge in [0.05, 0.1) is 0 Å². The topological polar surface area (TPSA) is 32.3 Å². The third-order valence-electron chi connectivity index (χ3n) is 4.25. The average molecular weight is 262 g/mol. The molecule has 2 fully saturated rings. The van der Waals surface area contributed by atoms with Gasteiger partial charge in [-0.15, -0.1) is 0 Å². The summed E-state index contributed by atoms with van der Waals surface area (Å²) in [4.78, 5) is 14.2. The van der Waals surface area contributed by atoms with Crippen LogP contribution in [0, 0.1) is 11.7 Å². The quantitative estimate of drug-likeness (QED) is 0.840. The lowest BCUT2D eigenvalue weighted by atomic mass is 9.85. The Balaban J connectivity index is 1.71. The Morgan fingerprint density at radius 2 is 2.26 bits per heavy atom. The minimum Gasteiger partial charge on any atom is -0.338 e. The summed E-state index contributed by atoms with van der Waals surface area (Å²) in [5.41, 5.74) is 0.460. The number of rotatable bonds is 1. The molecule has 1 aromatic carbocycles. The number of likely N-dealkylation sites (tertiary alicyclic amines) is 1. The van der Waals surface area contributed by atoms with Crippen molar-refractivity contribution < 1.29 is 9.18 Å². The molecule has 0 spiro atoms. The smallest absolute Gasteiger partial charge is 0.253 e. The van der Waals surface area contributed by atoms with Crippen molar-refractivity contribution in [2.24, 2.45) is 5.92 Å². The molecule has 0 radical (unpaired) electrons. The van der Waals surface area contributed by atoms with Crippen LogP contribution in [0.4, 0.5) is 4.39 Å². The highest BCUT2D eigenvalue weighted by molar-refractivity contribution is 5.94. The average Bonchev–Trinajstić information content (AvgIpc) is 2.46. The molecule has 1 aromatic rings. The number of hydrogen-bond acceptors (Lipinski definition) is 2. The van der Waals surface area contributed by atoms with Gasteiger partial charge in [-0.2, -0.15) is 0 Å². The maximum Gasteiger partial charge on any atom is 0.253 e. The molecule has 0 bridgehead atoms. The van der Waals surface area contributed by atoms with E-state index in [0.29, 0.717) is 17.5 Å². The van der Waals surface area contributed by atoms with Crippen molar-refractivity contribution in [1.82, 2.24) is 10.2 Å². The molecule has 3 rings (SSSR count). The molecule has 0 aromatic heterocycles. The fraction of sp³-hybridized carbons (Fsp3) is 0.533. The van der Waals surface area contributed by atoms with E-state index in [9.17, 15) is 9.18 Å². The van der Waals surface area contributed by atoms with Crippen LogP contribution in [0.25, 0.3) is 0 Å². The normalized spacial score (nSPS) is 26.9. The van der Waals surface area contributed by atoms with E-state index >= 15 is 0 Å². The molecule has 0 saturated carbocycles. The van der Waals surface area contributed by atoms with Crippen LogP contribution in [0.5, 0.6) is 0 Å². The SMILES string of the molecule is O=C(c1cccc(F)c1)N1CC[C@@H]2NCCC[C@@H]2C1. The molecule has 2 aliphatic heterocycles. The number of fused-ring (bicyclic) bond motifs is 1. The van der Waals surface area contributed by atoms with Gasteiger partial charge in [-0.1, -0.05) is 6.07 Å². The second-order valence-corrected chi connectivity index (χ2v) is 5.51. The number of nitrogens with zero attached hydrogens (tertiary/aromatic N) is 1. The lowest BCUT2D eigenvalue weighted by molar-refractivity contribution is 0.0592. The van der Waals surface area contributed by atoms with Crippen molar-refractivity contribution in [2.45, 2.75) is 25.3 Å². The maximum absolute atomic E-state index is 13.2. The zero-order valence-corrected chi connectivity index (χ0v) is 10.9. The predicted octanol–water partition coefficient (Wildman–Crippen LogP) is 2.04. The predicted molar refractivity (Wildman–Crippen MR) is 71.4 cm³/mol. The Labute approximate surface area is 112 Å². The summed E-state index contributed by atoms with van der Waals surface area (Å²) in [6.07, 6.45) is 3.37. The third kappa shape index (κ3) is 2.63. The Kier molecular flexibility index (Phi) is 3.51. The van der Waals surface area contributed by atoms with Gasteiger partial charge in [-0.05, 0) is 49.9 Å². The Morgan fingerprint density at radius 1 is 1.37 bits per heavy atom. The van der Waals surface area contributed by atoms with E-state index in [4.69, 9.17) is 0 Å². The monoisotopic (exact) mass is 262 g/mol. The molecule has 0 aliphatic carbocycles. The lowest BCUT2D eigenvalue weighted by Gasteiger charge is -2.41. The van der Waals surface area contributed by atoms with Crippen molar-refractivity contribution in [3.63, 3.8) is 0 Å². The second-order valence-electron chi connectivity index (χ2n) is 5.51. The summed E-state index contributed by atoms with van der Waals surface area (Å²) in [5, 5.41) is 3.53. The van der Waals surface area contributed by atoms with Crippen molar-refractivity contribution in [3.05, 3.63) is 35.6 Å². The van der Waals surface area contributed by atoms with Crippen LogP contribution in [0.1, 0.15) is 29.6 Å². The van der Waals surface area contributed by atoms with E-state index < -0.39 is 0 Å². The molecule has 2 atom stereocenters. The number of nitrogens with one attached hydrogen (secondary N) is 1. The summed E-state index contributed by atoms with van der Waals surface area (Å²) >= 11 is 0. The summed E-state index contributed by atoms with van der Waals surface area (Å²) in [5.74, 6) is 0.170. The highest BCUT2D eigenvalue weighted by Gasteiger charge is 2.33. The van der Waals surface area contributed by atoms with Crippen molar-refractivity contribution >= 4 is 5.91 Å². The van der Waals surface area contributed by atoms with Gasteiger partial charge in [0.1, 0.15) is 5.82 Å². The van der Waals surface area contributed by atoms with Crippen LogP contribution >= 0.6 is 0 Å². The number of piperidine rings is 2. The van der Waals surface area contributed by atoms with Crippen LogP contribution in [0.15, 0.2) is 24.3 Å². The minimum absolute atomic E-state index is 0.0384. The van der Waals surface area contributed by atoms with Crippen molar-refractivity contribution in [3.8, 4) is 0 Å². The molecule has 0 unspecified atom stereocenters. The van der Waals surface area contributed by atoms with E-state index in [1.807, 2.05) is 4.90 Å². The molecule has 2 heterocycles.